The predicted molar refractivity (Wildman–Crippen MR) is 82.7 cm³/mol. The number of rotatable bonds is 0. The Labute approximate surface area is 128 Å². The summed E-state index contributed by atoms with van der Waals surface area (Å²) < 4.78 is 0. The Bertz CT molecular complexity index is 458. The van der Waals surface area contributed by atoms with Gasteiger partial charge in [-0.25, -0.2) is 0 Å². The maximum Gasteiger partial charge on any atom is 0.139 e. The van der Waals surface area contributed by atoms with Crippen molar-refractivity contribution in [3.05, 3.63) is 0 Å². The fourth-order valence-electron chi connectivity index (χ4n) is 7.19. The second-order valence-electron chi connectivity index (χ2n) is 8.97. The van der Waals surface area contributed by atoms with Crippen molar-refractivity contribution in [3.8, 4) is 0 Å². The topological polar surface area (TPSA) is 37.3 Å². The Balaban J connectivity index is 1.71. The van der Waals surface area contributed by atoms with Gasteiger partial charge in [-0.3, -0.25) is 4.79 Å². The second-order valence-corrected chi connectivity index (χ2v) is 8.97. The van der Waals surface area contributed by atoms with Crippen LogP contribution in [0.2, 0.25) is 0 Å². The number of ketones is 1. The van der Waals surface area contributed by atoms with Crippen LogP contribution in [0.4, 0.5) is 0 Å². The minimum Gasteiger partial charge on any atom is -0.393 e. The molecule has 0 bridgehead atoms. The molecular formula is C19H30O2. The molecule has 0 aromatic carbocycles. The lowest BCUT2D eigenvalue weighted by molar-refractivity contribution is -0.168. The summed E-state index contributed by atoms with van der Waals surface area (Å²) in [7, 11) is 0. The zero-order valence-electron chi connectivity index (χ0n) is 13.6. The van der Waals surface area contributed by atoms with Gasteiger partial charge >= 0.3 is 0 Å². The van der Waals surface area contributed by atoms with Gasteiger partial charge in [-0.15, -0.1) is 0 Å². The number of hydrogen-bond donors (Lipinski definition) is 1. The van der Waals surface area contributed by atoms with Gasteiger partial charge in [0.05, 0.1) is 6.10 Å². The smallest absolute Gasteiger partial charge is 0.139 e. The summed E-state index contributed by atoms with van der Waals surface area (Å²) in [5, 5.41) is 11.0. The maximum absolute atomic E-state index is 12.4. The Morgan fingerprint density at radius 3 is 2.71 bits per heavy atom. The first-order chi connectivity index (χ1) is 9.97. The number of Topliss-reactive ketones (excluding diaryl/α,β-unsaturated/α-hetero) is 1. The van der Waals surface area contributed by atoms with Crippen molar-refractivity contribution in [1.82, 2.24) is 0 Å². The molecule has 4 fully saturated rings. The number of hydrogen-bond acceptors (Lipinski definition) is 2. The summed E-state index contributed by atoms with van der Waals surface area (Å²) in [4.78, 5) is 12.4. The van der Waals surface area contributed by atoms with Gasteiger partial charge in [0.15, 0.2) is 0 Å². The fraction of sp³-hybridized carbons (Fsp3) is 0.947. The lowest BCUT2D eigenvalue weighted by atomic mass is 9.44. The average Bonchev–Trinajstić information content (AvgIpc) is 2.73. The summed E-state index contributed by atoms with van der Waals surface area (Å²) in [5.74, 6) is 2.87. The minimum absolute atomic E-state index is 0.210. The van der Waals surface area contributed by atoms with Crippen molar-refractivity contribution in [2.24, 2.45) is 34.5 Å². The standard InChI is InChI=1S/C19H30O2/c1-18-10-4-3-5-12(18)6-7-13-14-8-9-16(21)19(14,2)11-15(20)17(13)18/h12-15,17,20H,3-11H2,1-2H3/t12?,13-,14-,15-,17+,18-,19-/m0/s1. The molecule has 0 spiro atoms. The molecule has 4 rings (SSSR count). The van der Waals surface area contributed by atoms with Crippen molar-refractivity contribution < 1.29 is 9.90 Å². The first kappa shape index (κ1) is 14.2. The van der Waals surface area contributed by atoms with Crippen LogP contribution in [0.1, 0.15) is 71.6 Å². The van der Waals surface area contributed by atoms with Gasteiger partial charge in [-0.2, -0.15) is 0 Å². The van der Waals surface area contributed by atoms with Gasteiger partial charge in [-0.05, 0) is 67.6 Å². The molecule has 2 heteroatoms. The molecule has 2 nitrogen and oxygen atoms in total. The largest absolute Gasteiger partial charge is 0.393 e. The summed E-state index contributed by atoms with van der Waals surface area (Å²) >= 11 is 0. The summed E-state index contributed by atoms with van der Waals surface area (Å²) in [6.45, 7) is 4.62. The molecule has 0 radical (unpaired) electrons. The molecule has 4 aliphatic rings. The van der Waals surface area contributed by atoms with Crippen LogP contribution in [0.3, 0.4) is 0 Å². The Morgan fingerprint density at radius 1 is 1.10 bits per heavy atom. The molecule has 1 N–H and O–H groups in total. The molecule has 0 aromatic rings. The molecule has 7 atom stereocenters. The SMILES string of the molecule is C[C@]12CCCCC1CC[C@@H]1[C@@H]2[C@@H](O)C[C@]2(C)C(=O)CC[C@@H]12. The molecule has 0 saturated heterocycles. The van der Waals surface area contributed by atoms with E-state index in [-0.39, 0.29) is 11.5 Å². The summed E-state index contributed by atoms with van der Waals surface area (Å²) in [6, 6.07) is 0. The summed E-state index contributed by atoms with van der Waals surface area (Å²) in [6.07, 6.45) is 10.3. The normalized spacial score (nSPS) is 56.5. The highest BCUT2D eigenvalue weighted by atomic mass is 16.3. The van der Waals surface area contributed by atoms with Crippen LogP contribution in [0.15, 0.2) is 0 Å². The molecule has 0 aliphatic heterocycles. The zero-order valence-corrected chi connectivity index (χ0v) is 13.6. The van der Waals surface area contributed by atoms with Crippen molar-refractivity contribution in [2.75, 3.05) is 0 Å². The van der Waals surface area contributed by atoms with Crippen molar-refractivity contribution >= 4 is 5.78 Å². The van der Waals surface area contributed by atoms with Gasteiger partial charge in [0.2, 0.25) is 0 Å². The van der Waals surface area contributed by atoms with E-state index in [1.807, 2.05) is 0 Å². The van der Waals surface area contributed by atoms with Crippen LogP contribution in [0.25, 0.3) is 0 Å². The van der Waals surface area contributed by atoms with Gasteiger partial charge in [0.25, 0.3) is 0 Å². The first-order valence-corrected chi connectivity index (χ1v) is 9.18. The predicted octanol–water partition coefficient (Wildman–Crippen LogP) is 3.96. The van der Waals surface area contributed by atoms with E-state index < -0.39 is 0 Å². The third-order valence-electron chi connectivity index (χ3n) is 8.22. The van der Waals surface area contributed by atoms with Crippen molar-refractivity contribution in [2.45, 2.75) is 77.7 Å². The highest BCUT2D eigenvalue weighted by Crippen LogP contribution is 2.65. The van der Waals surface area contributed by atoms with Crippen LogP contribution in [-0.2, 0) is 4.79 Å². The van der Waals surface area contributed by atoms with Crippen LogP contribution < -0.4 is 0 Å². The summed E-state index contributed by atoms with van der Waals surface area (Å²) in [5.41, 5.74) is 0.131. The first-order valence-electron chi connectivity index (χ1n) is 9.18. The molecule has 118 valence electrons. The van der Waals surface area contributed by atoms with Crippen molar-refractivity contribution in [3.63, 3.8) is 0 Å². The number of aliphatic hydroxyl groups is 1. The number of carbonyl (C=O) groups excluding carboxylic acids is 1. The average molecular weight is 290 g/mol. The molecule has 0 aromatic heterocycles. The fourth-order valence-corrected chi connectivity index (χ4v) is 7.19. The molecule has 1 unspecified atom stereocenters. The monoisotopic (exact) mass is 290 g/mol. The lowest BCUT2D eigenvalue weighted by Crippen LogP contribution is -2.58. The van der Waals surface area contributed by atoms with E-state index in [2.05, 4.69) is 13.8 Å². The number of fused-ring (bicyclic) bond motifs is 5. The van der Waals surface area contributed by atoms with E-state index in [0.717, 1.165) is 25.2 Å². The highest BCUT2D eigenvalue weighted by Gasteiger charge is 2.62. The Morgan fingerprint density at radius 2 is 1.90 bits per heavy atom. The molecule has 4 saturated carbocycles. The second kappa shape index (κ2) is 4.57. The Hall–Kier alpha value is -0.370. The molecule has 0 heterocycles. The van der Waals surface area contributed by atoms with E-state index in [4.69, 9.17) is 0 Å². The zero-order chi connectivity index (χ0) is 14.8. The minimum atomic E-state index is -0.246. The maximum atomic E-state index is 12.4. The molecule has 4 aliphatic carbocycles. The molecule has 0 amide bonds. The van der Waals surface area contributed by atoms with Crippen LogP contribution in [0, 0.1) is 34.5 Å². The van der Waals surface area contributed by atoms with E-state index >= 15 is 0 Å². The molecular weight excluding hydrogens is 260 g/mol. The van der Waals surface area contributed by atoms with E-state index in [1.54, 1.807) is 0 Å². The van der Waals surface area contributed by atoms with Crippen LogP contribution >= 0.6 is 0 Å². The molecule has 21 heavy (non-hydrogen) atoms. The van der Waals surface area contributed by atoms with E-state index in [0.29, 0.717) is 29.0 Å². The van der Waals surface area contributed by atoms with E-state index in [9.17, 15) is 9.90 Å². The van der Waals surface area contributed by atoms with Crippen LogP contribution in [0.5, 0.6) is 0 Å². The third-order valence-corrected chi connectivity index (χ3v) is 8.22. The van der Waals surface area contributed by atoms with Gasteiger partial charge in [0, 0.05) is 11.8 Å². The highest BCUT2D eigenvalue weighted by molar-refractivity contribution is 5.87. The van der Waals surface area contributed by atoms with Gasteiger partial charge in [0.1, 0.15) is 5.78 Å². The quantitative estimate of drug-likeness (QED) is 0.733. The van der Waals surface area contributed by atoms with Crippen LogP contribution in [-0.4, -0.2) is 17.0 Å². The van der Waals surface area contributed by atoms with Gasteiger partial charge in [-0.1, -0.05) is 26.7 Å². The van der Waals surface area contributed by atoms with Crippen molar-refractivity contribution in [1.29, 1.82) is 0 Å². The number of carbonyl (C=O) groups is 1. The lowest BCUT2D eigenvalue weighted by Gasteiger charge is -2.61. The van der Waals surface area contributed by atoms with E-state index in [1.165, 1.54) is 38.5 Å². The number of aliphatic hydroxyl groups excluding tert-OH is 1. The third kappa shape index (κ3) is 1.77. The Kier molecular flexibility index (Phi) is 3.10. The van der Waals surface area contributed by atoms with Gasteiger partial charge < -0.3 is 5.11 Å².